The van der Waals surface area contributed by atoms with E-state index in [1.807, 2.05) is 4.90 Å². The standard InChI is InChI=1S/C23H27F2N3O3/c1-16(18-7-6-8-20(15-18)31-22(24)25)26-23(30)27-19-11-9-17(10-12-19)21(29)28-13-4-2-3-5-14-28/h6-12,15-16,22H,2-5,13-14H2,1H3,(H2,26,27,30). The van der Waals surface area contributed by atoms with Crippen molar-refractivity contribution in [2.75, 3.05) is 18.4 Å². The Morgan fingerprint density at radius 3 is 2.32 bits per heavy atom. The van der Waals surface area contributed by atoms with Gasteiger partial charge in [0.25, 0.3) is 5.91 Å². The van der Waals surface area contributed by atoms with Crippen molar-refractivity contribution in [3.8, 4) is 5.75 Å². The van der Waals surface area contributed by atoms with Gasteiger partial charge < -0.3 is 20.3 Å². The molecule has 0 saturated carbocycles. The van der Waals surface area contributed by atoms with Crippen LogP contribution in [0.5, 0.6) is 5.75 Å². The molecule has 0 bridgehead atoms. The number of alkyl halides is 2. The summed E-state index contributed by atoms with van der Waals surface area (Å²) in [5, 5.41) is 5.47. The third-order valence-electron chi connectivity index (χ3n) is 5.21. The van der Waals surface area contributed by atoms with E-state index in [2.05, 4.69) is 15.4 Å². The molecule has 31 heavy (non-hydrogen) atoms. The maximum absolute atomic E-state index is 12.7. The summed E-state index contributed by atoms with van der Waals surface area (Å²) in [6.45, 7) is 0.395. The Morgan fingerprint density at radius 1 is 1.00 bits per heavy atom. The van der Waals surface area contributed by atoms with E-state index in [-0.39, 0.29) is 11.7 Å². The van der Waals surface area contributed by atoms with Crippen molar-refractivity contribution in [3.63, 3.8) is 0 Å². The Bertz CT molecular complexity index is 882. The molecule has 0 radical (unpaired) electrons. The molecule has 1 unspecified atom stereocenters. The zero-order chi connectivity index (χ0) is 22.2. The smallest absolute Gasteiger partial charge is 0.387 e. The molecule has 3 amide bonds. The molecule has 1 atom stereocenters. The molecule has 1 aliphatic heterocycles. The third kappa shape index (κ3) is 6.67. The van der Waals surface area contributed by atoms with E-state index in [0.717, 1.165) is 38.8 Å². The fourth-order valence-corrected chi connectivity index (χ4v) is 3.56. The Hall–Kier alpha value is -3.16. The predicted molar refractivity (Wildman–Crippen MR) is 114 cm³/mol. The number of hydrogen-bond donors (Lipinski definition) is 2. The van der Waals surface area contributed by atoms with Crippen molar-refractivity contribution in [2.24, 2.45) is 0 Å². The number of nitrogens with one attached hydrogen (secondary N) is 2. The van der Waals surface area contributed by atoms with Crippen molar-refractivity contribution < 1.29 is 23.1 Å². The number of carbonyl (C=O) groups is 2. The van der Waals surface area contributed by atoms with Crippen LogP contribution < -0.4 is 15.4 Å². The minimum absolute atomic E-state index is 0.0115. The highest BCUT2D eigenvalue weighted by Gasteiger charge is 2.17. The minimum atomic E-state index is -2.91. The molecule has 0 aliphatic carbocycles. The van der Waals surface area contributed by atoms with E-state index >= 15 is 0 Å². The van der Waals surface area contributed by atoms with Crippen LogP contribution in [0.2, 0.25) is 0 Å². The van der Waals surface area contributed by atoms with Gasteiger partial charge in [-0.25, -0.2) is 4.79 Å². The molecule has 0 spiro atoms. The van der Waals surface area contributed by atoms with E-state index in [1.165, 1.54) is 12.1 Å². The number of nitrogens with zero attached hydrogens (tertiary/aromatic N) is 1. The SMILES string of the molecule is CC(NC(=O)Nc1ccc(C(=O)N2CCCCCC2)cc1)c1cccc(OC(F)F)c1. The van der Waals surface area contributed by atoms with Gasteiger partial charge in [0.15, 0.2) is 0 Å². The van der Waals surface area contributed by atoms with Crippen LogP contribution in [0, 0.1) is 0 Å². The molecule has 1 aliphatic rings. The van der Waals surface area contributed by atoms with Crippen LogP contribution in [0.1, 0.15) is 54.6 Å². The molecule has 166 valence electrons. The summed E-state index contributed by atoms with van der Waals surface area (Å²) in [6, 6.07) is 12.1. The molecular formula is C23H27F2N3O3. The third-order valence-corrected chi connectivity index (χ3v) is 5.21. The van der Waals surface area contributed by atoms with E-state index < -0.39 is 18.7 Å². The molecule has 1 heterocycles. The molecule has 1 saturated heterocycles. The van der Waals surface area contributed by atoms with Crippen molar-refractivity contribution >= 4 is 17.6 Å². The van der Waals surface area contributed by atoms with Crippen LogP contribution in [-0.2, 0) is 0 Å². The highest BCUT2D eigenvalue weighted by atomic mass is 19.3. The predicted octanol–water partition coefficient (Wildman–Crippen LogP) is 5.19. The second kappa shape index (κ2) is 10.7. The molecule has 2 aromatic carbocycles. The first kappa shape index (κ1) is 22.5. The number of rotatable bonds is 6. The molecule has 3 rings (SSSR count). The van der Waals surface area contributed by atoms with E-state index in [0.29, 0.717) is 16.8 Å². The first-order valence-electron chi connectivity index (χ1n) is 10.4. The van der Waals surface area contributed by atoms with Crippen LogP contribution in [0.15, 0.2) is 48.5 Å². The Kier molecular flexibility index (Phi) is 7.81. The lowest BCUT2D eigenvalue weighted by atomic mass is 10.1. The number of ether oxygens (including phenoxy) is 1. The number of urea groups is 1. The van der Waals surface area contributed by atoms with Gasteiger partial charge >= 0.3 is 12.6 Å². The Labute approximate surface area is 180 Å². The van der Waals surface area contributed by atoms with Crippen LogP contribution in [0.4, 0.5) is 19.3 Å². The van der Waals surface area contributed by atoms with Gasteiger partial charge in [0, 0.05) is 24.3 Å². The molecule has 8 heteroatoms. The topological polar surface area (TPSA) is 70.7 Å². The molecule has 0 aromatic heterocycles. The summed E-state index contributed by atoms with van der Waals surface area (Å²) < 4.78 is 29.2. The van der Waals surface area contributed by atoms with Crippen LogP contribution >= 0.6 is 0 Å². The van der Waals surface area contributed by atoms with Gasteiger partial charge in [0.1, 0.15) is 5.75 Å². The van der Waals surface area contributed by atoms with Crippen molar-refractivity contribution in [1.82, 2.24) is 10.2 Å². The summed E-state index contributed by atoms with van der Waals surface area (Å²) in [5.74, 6) is 0.0450. The van der Waals surface area contributed by atoms with Gasteiger partial charge in [-0.2, -0.15) is 8.78 Å². The van der Waals surface area contributed by atoms with E-state index in [4.69, 9.17) is 0 Å². The number of hydrogen-bond acceptors (Lipinski definition) is 3. The molecule has 1 fully saturated rings. The monoisotopic (exact) mass is 431 g/mol. The van der Waals surface area contributed by atoms with Gasteiger partial charge in [-0.1, -0.05) is 25.0 Å². The average Bonchev–Trinajstić information content (AvgIpc) is 3.03. The van der Waals surface area contributed by atoms with Crippen molar-refractivity contribution in [2.45, 2.75) is 45.3 Å². The second-order valence-electron chi connectivity index (χ2n) is 7.55. The maximum atomic E-state index is 12.7. The van der Waals surface area contributed by atoms with Gasteiger partial charge in [0.2, 0.25) is 0 Å². The molecule has 6 nitrogen and oxygen atoms in total. The summed E-state index contributed by atoms with van der Waals surface area (Å²) in [6.07, 6.45) is 4.37. The normalized spacial score (nSPS) is 15.2. The van der Waals surface area contributed by atoms with E-state index in [1.54, 1.807) is 43.3 Å². The highest BCUT2D eigenvalue weighted by molar-refractivity contribution is 5.95. The van der Waals surface area contributed by atoms with Gasteiger partial charge in [-0.3, -0.25) is 4.79 Å². The summed E-state index contributed by atoms with van der Waals surface area (Å²) in [5.41, 5.74) is 1.77. The second-order valence-corrected chi connectivity index (χ2v) is 7.55. The quantitative estimate of drug-likeness (QED) is 0.662. The lowest BCUT2D eigenvalue weighted by Crippen LogP contribution is -2.32. The molecular weight excluding hydrogens is 404 g/mol. The number of likely N-dealkylation sites (tertiary alicyclic amines) is 1. The number of halogens is 2. The van der Waals surface area contributed by atoms with Gasteiger partial charge in [-0.05, 0) is 61.7 Å². The minimum Gasteiger partial charge on any atom is -0.435 e. The number of benzene rings is 2. The average molecular weight is 431 g/mol. The lowest BCUT2D eigenvalue weighted by molar-refractivity contribution is -0.0499. The van der Waals surface area contributed by atoms with Crippen LogP contribution in [0.3, 0.4) is 0 Å². The molecule has 2 aromatic rings. The Balaban J connectivity index is 1.55. The number of carbonyl (C=O) groups excluding carboxylic acids is 2. The zero-order valence-corrected chi connectivity index (χ0v) is 17.4. The fourth-order valence-electron chi connectivity index (χ4n) is 3.56. The molecule has 2 N–H and O–H groups in total. The van der Waals surface area contributed by atoms with Gasteiger partial charge in [-0.15, -0.1) is 0 Å². The van der Waals surface area contributed by atoms with Crippen molar-refractivity contribution in [1.29, 1.82) is 0 Å². The number of amides is 3. The van der Waals surface area contributed by atoms with Crippen LogP contribution in [-0.4, -0.2) is 36.5 Å². The largest absolute Gasteiger partial charge is 0.435 e. The lowest BCUT2D eigenvalue weighted by Gasteiger charge is -2.20. The summed E-state index contributed by atoms with van der Waals surface area (Å²) in [7, 11) is 0. The first-order chi connectivity index (χ1) is 14.9. The fraction of sp³-hybridized carbons (Fsp3) is 0.391. The number of anilines is 1. The first-order valence-corrected chi connectivity index (χ1v) is 10.4. The summed E-state index contributed by atoms with van der Waals surface area (Å²) >= 11 is 0. The van der Waals surface area contributed by atoms with Crippen molar-refractivity contribution in [3.05, 3.63) is 59.7 Å². The summed E-state index contributed by atoms with van der Waals surface area (Å²) in [4.78, 5) is 26.9. The van der Waals surface area contributed by atoms with E-state index in [9.17, 15) is 18.4 Å². The zero-order valence-electron chi connectivity index (χ0n) is 17.4. The highest BCUT2D eigenvalue weighted by Crippen LogP contribution is 2.21. The van der Waals surface area contributed by atoms with Gasteiger partial charge in [0.05, 0.1) is 6.04 Å². The maximum Gasteiger partial charge on any atom is 0.387 e. The van der Waals surface area contributed by atoms with Crippen LogP contribution in [0.25, 0.3) is 0 Å². The Morgan fingerprint density at radius 2 is 1.68 bits per heavy atom.